The molecule has 0 radical (unpaired) electrons. The fourth-order valence-electron chi connectivity index (χ4n) is 2.71. The van der Waals surface area contributed by atoms with Crippen molar-refractivity contribution in [2.45, 2.75) is 18.8 Å². The van der Waals surface area contributed by atoms with Crippen LogP contribution in [0, 0.1) is 0 Å². The van der Waals surface area contributed by atoms with E-state index < -0.39 is 0 Å². The third-order valence-electron chi connectivity index (χ3n) is 3.82. The van der Waals surface area contributed by atoms with Gasteiger partial charge in [0.25, 0.3) is 0 Å². The summed E-state index contributed by atoms with van der Waals surface area (Å²) in [5, 5.41) is 6.49. The van der Waals surface area contributed by atoms with Gasteiger partial charge in [-0.3, -0.25) is 9.48 Å². The molecule has 4 nitrogen and oxygen atoms in total. The van der Waals surface area contributed by atoms with E-state index in [-0.39, 0.29) is 5.91 Å². The van der Waals surface area contributed by atoms with Crippen LogP contribution < -0.4 is 0 Å². The van der Waals surface area contributed by atoms with Gasteiger partial charge in [0, 0.05) is 43.2 Å². The maximum absolute atomic E-state index is 12.3. The quantitative estimate of drug-likeness (QED) is 0.818. The molecule has 3 rings (SSSR count). The first-order chi connectivity index (χ1) is 10.2. The molecule has 21 heavy (non-hydrogen) atoms. The van der Waals surface area contributed by atoms with Crippen LogP contribution in [0.3, 0.4) is 0 Å². The Hall–Kier alpha value is -1.88. The van der Waals surface area contributed by atoms with Gasteiger partial charge in [0.1, 0.15) is 0 Å². The van der Waals surface area contributed by atoms with Gasteiger partial charge in [0.2, 0.25) is 5.91 Å². The Morgan fingerprint density at radius 3 is 3.10 bits per heavy atom. The lowest BCUT2D eigenvalue weighted by Crippen LogP contribution is -2.38. The molecule has 0 saturated carbocycles. The van der Waals surface area contributed by atoms with Crippen molar-refractivity contribution in [2.24, 2.45) is 7.05 Å². The van der Waals surface area contributed by atoms with Gasteiger partial charge in [0.05, 0.1) is 5.69 Å². The van der Waals surface area contributed by atoms with Crippen molar-refractivity contribution >= 4 is 23.3 Å². The van der Waals surface area contributed by atoms with E-state index in [1.807, 2.05) is 46.4 Å². The third-order valence-corrected chi connectivity index (χ3v) is 4.66. The number of amides is 1. The molecule has 3 heterocycles. The third kappa shape index (κ3) is 3.42. The standard InChI is InChI=1S/C16H19N3OS/c1-18-10-8-15(17-18)13-4-2-9-19(12-13)16(20)7-6-14-5-3-11-21-14/h3,5-8,10-11,13H,2,4,9,12H2,1H3/b7-6+/t13-/m0/s1. The number of hydrogen-bond donors (Lipinski definition) is 0. The monoisotopic (exact) mass is 301 g/mol. The Kier molecular flexibility index (Phi) is 4.20. The van der Waals surface area contributed by atoms with Crippen molar-refractivity contribution in [2.75, 3.05) is 13.1 Å². The molecule has 1 atom stereocenters. The molecule has 2 aromatic rings. The number of hydrogen-bond acceptors (Lipinski definition) is 3. The molecule has 0 N–H and O–H groups in total. The topological polar surface area (TPSA) is 38.1 Å². The van der Waals surface area contributed by atoms with Gasteiger partial charge in [-0.05, 0) is 36.4 Å². The van der Waals surface area contributed by atoms with Gasteiger partial charge in [-0.2, -0.15) is 5.10 Å². The average molecular weight is 301 g/mol. The lowest BCUT2D eigenvalue weighted by Gasteiger charge is -2.31. The van der Waals surface area contributed by atoms with Gasteiger partial charge in [-0.25, -0.2) is 0 Å². The van der Waals surface area contributed by atoms with Crippen LogP contribution in [0.25, 0.3) is 6.08 Å². The van der Waals surface area contributed by atoms with Crippen LogP contribution in [-0.2, 0) is 11.8 Å². The minimum absolute atomic E-state index is 0.101. The van der Waals surface area contributed by atoms with Crippen LogP contribution in [-0.4, -0.2) is 33.7 Å². The van der Waals surface area contributed by atoms with Crippen molar-refractivity contribution in [3.63, 3.8) is 0 Å². The molecule has 1 fully saturated rings. The summed E-state index contributed by atoms with van der Waals surface area (Å²) in [7, 11) is 1.93. The van der Waals surface area contributed by atoms with E-state index in [0.717, 1.165) is 36.5 Å². The summed E-state index contributed by atoms with van der Waals surface area (Å²) in [6, 6.07) is 6.06. The molecule has 0 unspecified atom stereocenters. The number of aryl methyl sites for hydroxylation is 1. The van der Waals surface area contributed by atoms with Crippen LogP contribution in [0.4, 0.5) is 0 Å². The van der Waals surface area contributed by atoms with Crippen LogP contribution >= 0.6 is 11.3 Å². The first-order valence-corrected chi connectivity index (χ1v) is 8.10. The van der Waals surface area contributed by atoms with Crippen LogP contribution in [0.15, 0.2) is 35.9 Å². The zero-order valence-corrected chi connectivity index (χ0v) is 12.9. The maximum Gasteiger partial charge on any atom is 0.246 e. The summed E-state index contributed by atoms with van der Waals surface area (Å²) in [6.07, 6.45) is 7.70. The molecule has 1 aliphatic heterocycles. The second-order valence-electron chi connectivity index (χ2n) is 5.39. The minimum Gasteiger partial charge on any atom is -0.338 e. The van der Waals surface area contributed by atoms with Crippen LogP contribution in [0.2, 0.25) is 0 Å². The number of piperidine rings is 1. The summed E-state index contributed by atoms with van der Waals surface area (Å²) < 4.78 is 1.83. The molecule has 5 heteroatoms. The van der Waals surface area contributed by atoms with E-state index >= 15 is 0 Å². The lowest BCUT2D eigenvalue weighted by molar-refractivity contribution is -0.127. The van der Waals surface area contributed by atoms with E-state index in [9.17, 15) is 4.79 Å². The van der Waals surface area contributed by atoms with Crippen molar-refractivity contribution in [3.8, 4) is 0 Å². The number of aromatic nitrogens is 2. The van der Waals surface area contributed by atoms with E-state index in [1.165, 1.54) is 0 Å². The van der Waals surface area contributed by atoms with Crippen LogP contribution in [0.1, 0.15) is 29.3 Å². The molecule has 1 saturated heterocycles. The lowest BCUT2D eigenvalue weighted by atomic mass is 9.95. The van der Waals surface area contributed by atoms with Gasteiger partial charge in [0.15, 0.2) is 0 Å². The van der Waals surface area contributed by atoms with Crippen molar-refractivity contribution in [3.05, 3.63) is 46.4 Å². The Morgan fingerprint density at radius 2 is 2.38 bits per heavy atom. The fourth-order valence-corrected chi connectivity index (χ4v) is 3.33. The molecule has 0 spiro atoms. The largest absolute Gasteiger partial charge is 0.338 e. The highest BCUT2D eigenvalue weighted by Gasteiger charge is 2.24. The van der Waals surface area contributed by atoms with Crippen LogP contribution in [0.5, 0.6) is 0 Å². The second-order valence-corrected chi connectivity index (χ2v) is 6.37. The average Bonchev–Trinajstić information content (AvgIpc) is 3.16. The minimum atomic E-state index is 0.101. The Balaban J connectivity index is 1.64. The van der Waals surface area contributed by atoms with E-state index in [2.05, 4.69) is 11.2 Å². The summed E-state index contributed by atoms with van der Waals surface area (Å²) in [5.74, 6) is 0.461. The summed E-state index contributed by atoms with van der Waals surface area (Å²) in [5.41, 5.74) is 1.09. The Morgan fingerprint density at radius 1 is 1.48 bits per heavy atom. The zero-order chi connectivity index (χ0) is 14.7. The molecule has 0 bridgehead atoms. The number of rotatable bonds is 3. The normalized spacial score (nSPS) is 19.3. The highest BCUT2D eigenvalue weighted by Crippen LogP contribution is 2.25. The number of carbonyl (C=O) groups is 1. The van der Waals surface area contributed by atoms with E-state index in [4.69, 9.17) is 0 Å². The number of thiophene rings is 1. The number of carbonyl (C=O) groups excluding carboxylic acids is 1. The second kappa shape index (κ2) is 6.26. The maximum atomic E-state index is 12.3. The predicted molar refractivity (Wildman–Crippen MR) is 85.1 cm³/mol. The summed E-state index contributed by atoms with van der Waals surface area (Å²) in [6.45, 7) is 1.61. The Bertz CT molecular complexity index is 630. The molecule has 0 aliphatic carbocycles. The van der Waals surface area contributed by atoms with E-state index in [1.54, 1.807) is 17.4 Å². The highest BCUT2D eigenvalue weighted by molar-refractivity contribution is 7.10. The highest BCUT2D eigenvalue weighted by atomic mass is 32.1. The molecule has 0 aromatic carbocycles. The van der Waals surface area contributed by atoms with Gasteiger partial charge in [-0.15, -0.1) is 11.3 Å². The molecule has 110 valence electrons. The molecule has 1 amide bonds. The summed E-state index contributed by atoms with van der Waals surface area (Å²) >= 11 is 1.64. The molecular weight excluding hydrogens is 282 g/mol. The summed E-state index contributed by atoms with van der Waals surface area (Å²) in [4.78, 5) is 15.3. The SMILES string of the molecule is Cn1ccc([C@H]2CCCN(C(=O)/C=C/c3cccs3)C2)n1. The zero-order valence-electron chi connectivity index (χ0n) is 12.1. The van der Waals surface area contributed by atoms with Crippen molar-refractivity contribution in [1.29, 1.82) is 0 Å². The molecule has 2 aromatic heterocycles. The first kappa shape index (κ1) is 14.1. The van der Waals surface area contributed by atoms with Gasteiger partial charge >= 0.3 is 0 Å². The van der Waals surface area contributed by atoms with Gasteiger partial charge < -0.3 is 4.90 Å². The number of likely N-dealkylation sites (tertiary alicyclic amines) is 1. The van der Waals surface area contributed by atoms with Crippen molar-refractivity contribution < 1.29 is 4.79 Å². The first-order valence-electron chi connectivity index (χ1n) is 7.22. The predicted octanol–water partition coefficient (Wildman–Crippen LogP) is 2.90. The fraction of sp³-hybridized carbons (Fsp3) is 0.375. The Labute approximate surface area is 128 Å². The molecular formula is C16H19N3OS. The number of nitrogens with zero attached hydrogens (tertiary/aromatic N) is 3. The van der Waals surface area contributed by atoms with Gasteiger partial charge in [-0.1, -0.05) is 6.07 Å². The van der Waals surface area contributed by atoms with Crippen molar-refractivity contribution in [1.82, 2.24) is 14.7 Å². The van der Waals surface area contributed by atoms with E-state index in [0.29, 0.717) is 5.92 Å². The molecule has 1 aliphatic rings. The smallest absolute Gasteiger partial charge is 0.246 e.